The van der Waals surface area contributed by atoms with Crippen LogP contribution in [0.3, 0.4) is 0 Å². The van der Waals surface area contributed by atoms with Crippen molar-refractivity contribution in [2.45, 2.75) is 70.3 Å². The van der Waals surface area contributed by atoms with Crippen LogP contribution in [0.5, 0.6) is 0 Å². The summed E-state index contributed by atoms with van der Waals surface area (Å²) in [6, 6.07) is 5.14. The fourth-order valence-corrected chi connectivity index (χ4v) is 4.34. The molecule has 2 heteroatoms. The molecule has 1 fully saturated rings. The van der Waals surface area contributed by atoms with E-state index in [2.05, 4.69) is 24.4 Å². The van der Waals surface area contributed by atoms with Gasteiger partial charge in [0.2, 0.25) is 0 Å². The smallest absolute Gasteiger partial charge is 0.0469 e. The van der Waals surface area contributed by atoms with Gasteiger partial charge in [-0.15, -0.1) is 0 Å². The molecular weight excluding hydrogens is 244 g/mol. The Morgan fingerprint density at radius 2 is 2.10 bits per heavy atom. The van der Waals surface area contributed by atoms with E-state index in [4.69, 9.17) is 4.98 Å². The number of aryl methyl sites for hydroxylation is 1. The maximum absolute atomic E-state index is 4.76. The zero-order chi connectivity index (χ0) is 13.8. The lowest BCUT2D eigenvalue weighted by Gasteiger charge is -2.32. The first-order valence-corrected chi connectivity index (χ1v) is 8.55. The highest BCUT2D eigenvalue weighted by Crippen LogP contribution is 2.41. The van der Waals surface area contributed by atoms with E-state index < -0.39 is 0 Å². The van der Waals surface area contributed by atoms with Crippen molar-refractivity contribution in [2.75, 3.05) is 6.54 Å². The van der Waals surface area contributed by atoms with E-state index in [9.17, 15) is 0 Å². The number of pyridine rings is 1. The van der Waals surface area contributed by atoms with Gasteiger partial charge in [0, 0.05) is 23.9 Å². The molecule has 0 saturated heterocycles. The first-order chi connectivity index (χ1) is 9.88. The molecule has 1 aromatic rings. The summed E-state index contributed by atoms with van der Waals surface area (Å²) in [5.74, 6) is 1.56. The highest BCUT2D eigenvalue weighted by molar-refractivity contribution is 5.26. The minimum atomic E-state index is 0.721. The molecule has 0 radical (unpaired) electrons. The van der Waals surface area contributed by atoms with Crippen LogP contribution in [0.2, 0.25) is 0 Å². The molecule has 1 aromatic heterocycles. The average Bonchev–Trinajstić information content (AvgIpc) is 2.73. The van der Waals surface area contributed by atoms with Gasteiger partial charge in [0.15, 0.2) is 0 Å². The number of aromatic nitrogens is 1. The average molecular weight is 272 g/mol. The van der Waals surface area contributed by atoms with Crippen LogP contribution in [0, 0.1) is 5.92 Å². The van der Waals surface area contributed by atoms with E-state index in [1.807, 2.05) is 6.20 Å². The molecule has 0 aromatic carbocycles. The molecule has 20 heavy (non-hydrogen) atoms. The van der Waals surface area contributed by atoms with Gasteiger partial charge >= 0.3 is 0 Å². The first kappa shape index (κ1) is 14.1. The second-order valence-corrected chi connectivity index (χ2v) is 6.58. The molecule has 110 valence electrons. The van der Waals surface area contributed by atoms with Crippen LogP contribution >= 0.6 is 0 Å². The molecule has 3 atom stereocenters. The second-order valence-electron chi connectivity index (χ2n) is 6.58. The zero-order valence-electron chi connectivity index (χ0n) is 12.8. The Hall–Kier alpha value is -0.890. The van der Waals surface area contributed by atoms with E-state index in [0.717, 1.165) is 24.4 Å². The Morgan fingerprint density at radius 1 is 1.20 bits per heavy atom. The van der Waals surface area contributed by atoms with Gasteiger partial charge in [0.1, 0.15) is 0 Å². The van der Waals surface area contributed by atoms with Crippen LogP contribution in [0.4, 0.5) is 0 Å². The summed E-state index contributed by atoms with van der Waals surface area (Å²) in [4.78, 5) is 4.76. The summed E-state index contributed by atoms with van der Waals surface area (Å²) in [5.41, 5.74) is 2.95. The van der Waals surface area contributed by atoms with Crippen molar-refractivity contribution in [1.82, 2.24) is 10.3 Å². The highest BCUT2D eigenvalue weighted by Gasteiger charge is 2.31. The molecule has 0 spiro atoms. The number of hydrogen-bond donors (Lipinski definition) is 1. The predicted molar refractivity (Wildman–Crippen MR) is 84.0 cm³/mol. The van der Waals surface area contributed by atoms with Gasteiger partial charge in [0.25, 0.3) is 0 Å². The zero-order valence-corrected chi connectivity index (χ0v) is 12.8. The monoisotopic (exact) mass is 272 g/mol. The van der Waals surface area contributed by atoms with Crippen molar-refractivity contribution in [2.24, 2.45) is 5.92 Å². The van der Waals surface area contributed by atoms with Gasteiger partial charge in [-0.05, 0) is 62.6 Å². The molecule has 0 amide bonds. The summed E-state index contributed by atoms with van der Waals surface area (Å²) in [6.45, 7) is 3.34. The highest BCUT2D eigenvalue weighted by atomic mass is 14.9. The Morgan fingerprint density at radius 3 is 3.00 bits per heavy atom. The van der Waals surface area contributed by atoms with Crippen LogP contribution in [0.1, 0.15) is 69.0 Å². The third kappa shape index (κ3) is 3.06. The lowest BCUT2D eigenvalue weighted by atomic mass is 9.75. The molecule has 3 unspecified atom stereocenters. The number of nitrogens with one attached hydrogen (secondary N) is 1. The summed E-state index contributed by atoms with van der Waals surface area (Å²) in [6.07, 6.45) is 12.9. The molecule has 2 nitrogen and oxygen atoms in total. The van der Waals surface area contributed by atoms with Crippen LogP contribution in [0.15, 0.2) is 18.3 Å². The van der Waals surface area contributed by atoms with Crippen molar-refractivity contribution in [3.8, 4) is 0 Å². The third-order valence-corrected chi connectivity index (χ3v) is 5.27. The Kier molecular flexibility index (Phi) is 4.72. The van der Waals surface area contributed by atoms with Crippen molar-refractivity contribution < 1.29 is 0 Å². The molecule has 0 bridgehead atoms. The number of rotatable bonds is 3. The Balaban J connectivity index is 1.78. The molecular formula is C18H28N2. The SMILES string of the molecule is CCNC1CCCCC(C2CCCc3cccnc32)C1. The fraction of sp³-hybridized carbons (Fsp3) is 0.722. The van der Waals surface area contributed by atoms with Crippen LogP contribution in [-0.4, -0.2) is 17.6 Å². The minimum Gasteiger partial charge on any atom is -0.314 e. The first-order valence-electron chi connectivity index (χ1n) is 8.55. The summed E-state index contributed by atoms with van der Waals surface area (Å²) < 4.78 is 0. The Bertz CT molecular complexity index is 429. The van der Waals surface area contributed by atoms with Gasteiger partial charge < -0.3 is 5.32 Å². The molecule has 2 aliphatic carbocycles. The molecule has 0 aliphatic heterocycles. The molecule has 1 saturated carbocycles. The predicted octanol–water partition coefficient (Wildman–Crippen LogP) is 4.06. The summed E-state index contributed by atoms with van der Waals surface area (Å²) in [5, 5.41) is 3.70. The third-order valence-electron chi connectivity index (χ3n) is 5.27. The maximum atomic E-state index is 4.76. The standard InChI is InChI=1S/C18H28N2/c1-2-19-16-10-4-3-7-15(13-16)17-11-5-8-14-9-6-12-20-18(14)17/h6,9,12,15-17,19H,2-5,7-8,10-11,13H2,1H3. The van der Waals surface area contributed by atoms with Crippen molar-refractivity contribution >= 4 is 0 Å². The number of hydrogen-bond acceptors (Lipinski definition) is 2. The molecule has 1 N–H and O–H groups in total. The van der Waals surface area contributed by atoms with E-state index in [1.54, 1.807) is 0 Å². The van der Waals surface area contributed by atoms with Gasteiger partial charge in [-0.2, -0.15) is 0 Å². The van der Waals surface area contributed by atoms with Crippen LogP contribution in [-0.2, 0) is 6.42 Å². The van der Waals surface area contributed by atoms with E-state index in [0.29, 0.717) is 0 Å². The summed E-state index contributed by atoms with van der Waals surface area (Å²) >= 11 is 0. The van der Waals surface area contributed by atoms with Crippen molar-refractivity contribution in [3.63, 3.8) is 0 Å². The lowest BCUT2D eigenvalue weighted by Crippen LogP contribution is -2.32. The minimum absolute atomic E-state index is 0.721. The normalized spacial score (nSPS) is 30.6. The van der Waals surface area contributed by atoms with Gasteiger partial charge in [-0.1, -0.05) is 25.8 Å². The van der Waals surface area contributed by atoms with Crippen LogP contribution in [0.25, 0.3) is 0 Å². The lowest BCUT2D eigenvalue weighted by molar-refractivity contribution is 0.308. The second kappa shape index (κ2) is 6.71. The molecule has 1 heterocycles. The number of fused-ring (bicyclic) bond motifs is 1. The summed E-state index contributed by atoms with van der Waals surface area (Å²) in [7, 11) is 0. The largest absolute Gasteiger partial charge is 0.314 e. The topological polar surface area (TPSA) is 24.9 Å². The molecule has 2 aliphatic rings. The van der Waals surface area contributed by atoms with Crippen LogP contribution < -0.4 is 5.32 Å². The van der Waals surface area contributed by atoms with Gasteiger partial charge in [-0.3, -0.25) is 4.98 Å². The van der Waals surface area contributed by atoms with Crippen molar-refractivity contribution in [1.29, 1.82) is 0 Å². The molecule has 3 rings (SSSR count). The maximum Gasteiger partial charge on any atom is 0.0469 e. The fourth-order valence-electron chi connectivity index (χ4n) is 4.34. The number of nitrogens with zero attached hydrogens (tertiary/aromatic N) is 1. The van der Waals surface area contributed by atoms with E-state index in [-0.39, 0.29) is 0 Å². The van der Waals surface area contributed by atoms with Crippen molar-refractivity contribution in [3.05, 3.63) is 29.6 Å². The van der Waals surface area contributed by atoms with E-state index >= 15 is 0 Å². The van der Waals surface area contributed by atoms with Gasteiger partial charge in [-0.25, -0.2) is 0 Å². The Labute approximate surface area is 123 Å². The van der Waals surface area contributed by atoms with Gasteiger partial charge in [0.05, 0.1) is 0 Å². The quantitative estimate of drug-likeness (QED) is 0.839. The van der Waals surface area contributed by atoms with E-state index in [1.165, 1.54) is 62.6 Å².